The van der Waals surface area contributed by atoms with Gasteiger partial charge in [0.25, 0.3) is 0 Å². The fourth-order valence-electron chi connectivity index (χ4n) is 2.27. The van der Waals surface area contributed by atoms with Crippen molar-refractivity contribution >= 4 is 17.4 Å². The molecule has 21 heavy (non-hydrogen) atoms. The van der Waals surface area contributed by atoms with Gasteiger partial charge in [0.2, 0.25) is 5.65 Å². The Morgan fingerprint density at radius 2 is 2.14 bits per heavy atom. The van der Waals surface area contributed by atoms with Crippen LogP contribution in [-0.2, 0) is 4.79 Å². The fraction of sp³-hybridized carbons (Fsp3) is 0.571. The van der Waals surface area contributed by atoms with Gasteiger partial charge >= 0.3 is 5.97 Å². The Hall–Kier alpha value is -2.18. The number of aliphatic carboxylic acids is 1. The van der Waals surface area contributed by atoms with Gasteiger partial charge < -0.3 is 10.4 Å². The second-order valence-corrected chi connectivity index (χ2v) is 6.40. The SMILES string of the molecule is Cc1nnc2c(NCC(CC(C)(C)C)C(=O)O)nccn12. The van der Waals surface area contributed by atoms with Crippen LogP contribution in [0.3, 0.4) is 0 Å². The number of carbonyl (C=O) groups is 1. The van der Waals surface area contributed by atoms with Gasteiger partial charge in [0.05, 0.1) is 5.92 Å². The predicted octanol–water partition coefficient (Wildman–Crippen LogP) is 1.98. The third-order valence-corrected chi connectivity index (χ3v) is 3.22. The van der Waals surface area contributed by atoms with Crippen LogP contribution in [0.1, 0.15) is 33.0 Å². The molecule has 2 aromatic rings. The average Bonchev–Trinajstić information content (AvgIpc) is 2.75. The molecule has 0 aliphatic rings. The van der Waals surface area contributed by atoms with Crippen molar-refractivity contribution in [3.05, 3.63) is 18.2 Å². The zero-order chi connectivity index (χ0) is 15.6. The van der Waals surface area contributed by atoms with Crippen LogP contribution in [0.2, 0.25) is 0 Å². The molecule has 0 aromatic carbocycles. The van der Waals surface area contributed by atoms with Gasteiger partial charge in [0.15, 0.2) is 5.82 Å². The first kappa shape index (κ1) is 15.2. The van der Waals surface area contributed by atoms with E-state index in [4.69, 9.17) is 0 Å². The zero-order valence-corrected chi connectivity index (χ0v) is 12.8. The van der Waals surface area contributed by atoms with E-state index in [1.165, 1.54) is 0 Å². The number of aromatic nitrogens is 4. The smallest absolute Gasteiger partial charge is 0.308 e. The van der Waals surface area contributed by atoms with Crippen LogP contribution in [0.4, 0.5) is 5.82 Å². The summed E-state index contributed by atoms with van der Waals surface area (Å²) in [6, 6.07) is 0. The zero-order valence-electron chi connectivity index (χ0n) is 12.8. The molecule has 0 spiro atoms. The molecule has 0 aliphatic carbocycles. The maximum Gasteiger partial charge on any atom is 0.308 e. The molecule has 7 nitrogen and oxygen atoms in total. The third kappa shape index (κ3) is 3.68. The number of anilines is 1. The topological polar surface area (TPSA) is 92.4 Å². The average molecular weight is 291 g/mol. The molecule has 2 N–H and O–H groups in total. The van der Waals surface area contributed by atoms with Crippen LogP contribution >= 0.6 is 0 Å². The molecule has 0 aliphatic heterocycles. The third-order valence-electron chi connectivity index (χ3n) is 3.22. The van der Waals surface area contributed by atoms with Gasteiger partial charge in [0, 0.05) is 18.9 Å². The maximum absolute atomic E-state index is 11.4. The Labute approximate surface area is 123 Å². The summed E-state index contributed by atoms with van der Waals surface area (Å²) < 4.78 is 1.81. The van der Waals surface area contributed by atoms with Gasteiger partial charge in [-0.3, -0.25) is 9.20 Å². The minimum absolute atomic E-state index is 0.0460. The van der Waals surface area contributed by atoms with Gasteiger partial charge in [0.1, 0.15) is 5.82 Å². The lowest BCUT2D eigenvalue weighted by atomic mass is 9.84. The van der Waals surface area contributed by atoms with E-state index in [1.54, 1.807) is 12.4 Å². The number of hydrogen-bond donors (Lipinski definition) is 2. The molecule has 1 unspecified atom stereocenters. The van der Waals surface area contributed by atoms with Gasteiger partial charge in [-0.15, -0.1) is 10.2 Å². The van der Waals surface area contributed by atoms with Crippen molar-refractivity contribution in [2.75, 3.05) is 11.9 Å². The molecule has 2 aromatic heterocycles. The standard InChI is InChI=1S/C14H21N5O2/c1-9-17-18-12-11(15-5-6-19(9)12)16-8-10(13(20)21)7-14(2,3)4/h5-6,10H,7-8H2,1-4H3,(H,15,16)(H,20,21). The number of rotatable bonds is 5. The monoisotopic (exact) mass is 291 g/mol. The van der Waals surface area contributed by atoms with Crippen molar-refractivity contribution in [1.82, 2.24) is 19.6 Å². The number of nitrogens with one attached hydrogen (secondary N) is 1. The van der Waals surface area contributed by atoms with E-state index in [1.807, 2.05) is 32.1 Å². The lowest BCUT2D eigenvalue weighted by Gasteiger charge is -2.23. The van der Waals surface area contributed by atoms with Gasteiger partial charge in [-0.05, 0) is 18.8 Å². The van der Waals surface area contributed by atoms with E-state index in [-0.39, 0.29) is 5.41 Å². The largest absolute Gasteiger partial charge is 0.481 e. The van der Waals surface area contributed by atoms with Crippen molar-refractivity contribution in [3.63, 3.8) is 0 Å². The Morgan fingerprint density at radius 3 is 2.76 bits per heavy atom. The van der Waals surface area contributed by atoms with Crippen molar-refractivity contribution < 1.29 is 9.90 Å². The molecule has 2 rings (SSSR count). The first-order chi connectivity index (χ1) is 9.78. The van der Waals surface area contributed by atoms with Gasteiger partial charge in [-0.25, -0.2) is 4.98 Å². The molecule has 1 atom stereocenters. The first-order valence-corrected chi connectivity index (χ1v) is 6.91. The van der Waals surface area contributed by atoms with E-state index in [9.17, 15) is 9.90 Å². The summed E-state index contributed by atoms with van der Waals surface area (Å²) in [5.41, 5.74) is 0.560. The molecule has 0 amide bonds. The number of nitrogens with zero attached hydrogens (tertiary/aromatic N) is 4. The second kappa shape index (κ2) is 5.67. The van der Waals surface area contributed by atoms with Crippen LogP contribution in [0.5, 0.6) is 0 Å². The Bertz CT molecular complexity index is 644. The molecular weight excluding hydrogens is 270 g/mol. The van der Waals surface area contributed by atoms with Gasteiger partial charge in [-0.1, -0.05) is 20.8 Å². The number of aryl methyl sites for hydroxylation is 1. The normalized spacial score (nSPS) is 13.3. The maximum atomic E-state index is 11.4. The van der Waals surface area contributed by atoms with Crippen LogP contribution in [0, 0.1) is 18.3 Å². The van der Waals surface area contributed by atoms with Crippen LogP contribution in [-0.4, -0.2) is 37.2 Å². The summed E-state index contributed by atoms with van der Waals surface area (Å²) in [7, 11) is 0. The molecule has 114 valence electrons. The highest BCUT2D eigenvalue weighted by Crippen LogP contribution is 2.25. The Morgan fingerprint density at radius 1 is 1.43 bits per heavy atom. The number of carboxylic acid groups (broad SMARTS) is 1. The summed E-state index contributed by atoms with van der Waals surface area (Å²) >= 11 is 0. The number of carboxylic acids is 1. The summed E-state index contributed by atoms with van der Waals surface area (Å²) in [5, 5.41) is 20.5. The lowest BCUT2D eigenvalue weighted by molar-refractivity contribution is -0.142. The second-order valence-electron chi connectivity index (χ2n) is 6.40. The van der Waals surface area contributed by atoms with Crippen molar-refractivity contribution in [1.29, 1.82) is 0 Å². The highest BCUT2D eigenvalue weighted by Gasteiger charge is 2.24. The van der Waals surface area contributed by atoms with E-state index in [0.29, 0.717) is 24.4 Å². The molecule has 0 saturated carbocycles. The van der Waals surface area contributed by atoms with E-state index < -0.39 is 11.9 Å². The fourth-order valence-corrected chi connectivity index (χ4v) is 2.27. The van der Waals surface area contributed by atoms with E-state index >= 15 is 0 Å². The molecule has 0 bridgehead atoms. The van der Waals surface area contributed by atoms with Gasteiger partial charge in [-0.2, -0.15) is 0 Å². The van der Waals surface area contributed by atoms with E-state index in [2.05, 4.69) is 20.5 Å². The molecule has 2 heterocycles. The quantitative estimate of drug-likeness (QED) is 0.875. The summed E-state index contributed by atoms with van der Waals surface area (Å²) in [6.07, 6.45) is 4.01. The first-order valence-electron chi connectivity index (χ1n) is 6.91. The Balaban J connectivity index is 2.14. The molecule has 0 saturated heterocycles. The Kier molecular flexibility index (Phi) is 4.11. The van der Waals surface area contributed by atoms with Crippen LogP contribution < -0.4 is 5.32 Å². The highest BCUT2D eigenvalue weighted by molar-refractivity contribution is 5.71. The van der Waals surface area contributed by atoms with Crippen LogP contribution in [0.15, 0.2) is 12.4 Å². The van der Waals surface area contributed by atoms with E-state index in [0.717, 1.165) is 5.82 Å². The number of hydrogen-bond acceptors (Lipinski definition) is 5. The molecular formula is C14H21N5O2. The number of fused-ring (bicyclic) bond motifs is 1. The molecule has 0 radical (unpaired) electrons. The van der Waals surface area contributed by atoms with Crippen molar-refractivity contribution in [2.24, 2.45) is 11.3 Å². The predicted molar refractivity (Wildman–Crippen MR) is 79.2 cm³/mol. The van der Waals surface area contributed by atoms with Crippen molar-refractivity contribution in [2.45, 2.75) is 34.1 Å². The summed E-state index contributed by atoms with van der Waals surface area (Å²) in [4.78, 5) is 15.6. The minimum atomic E-state index is -0.804. The van der Waals surface area contributed by atoms with Crippen LogP contribution in [0.25, 0.3) is 5.65 Å². The van der Waals surface area contributed by atoms with Crippen molar-refractivity contribution in [3.8, 4) is 0 Å². The molecule has 7 heteroatoms. The summed E-state index contributed by atoms with van der Waals surface area (Å²) in [5.74, 6) is 0.0382. The minimum Gasteiger partial charge on any atom is -0.481 e. The molecule has 0 fully saturated rings. The highest BCUT2D eigenvalue weighted by atomic mass is 16.4. The summed E-state index contributed by atoms with van der Waals surface area (Å²) in [6.45, 7) is 8.26. The lowest BCUT2D eigenvalue weighted by Crippen LogP contribution is -2.27.